The molecule has 1 aromatic heterocycles. The zero-order chi connectivity index (χ0) is 21.7. The molecule has 7 heteroatoms. The molecule has 0 aliphatic carbocycles. The molecule has 1 unspecified atom stereocenters. The maximum atomic E-state index is 12.9. The summed E-state index contributed by atoms with van der Waals surface area (Å²) in [6.45, 7) is 7.06. The van der Waals surface area contributed by atoms with Crippen LogP contribution in [0.2, 0.25) is 0 Å². The summed E-state index contributed by atoms with van der Waals surface area (Å²) in [5, 5.41) is 15.8. The summed E-state index contributed by atoms with van der Waals surface area (Å²) in [5.74, 6) is -0.441. The Morgan fingerprint density at radius 2 is 1.77 bits per heavy atom. The van der Waals surface area contributed by atoms with Crippen LogP contribution in [0.5, 0.6) is 5.75 Å². The second-order valence-electron chi connectivity index (χ2n) is 7.83. The van der Waals surface area contributed by atoms with Crippen molar-refractivity contribution in [3.63, 3.8) is 0 Å². The first kappa shape index (κ1) is 22.2. The van der Waals surface area contributed by atoms with Crippen LogP contribution in [0.1, 0.15) is 41.6 Å². The van der Waals surface area contributed by atoms with Gasteiger partial charge in [0.05, 0.1) is 5.56 Å². The van der Waals surface area contributed by atoms with Gasteiger partial charge in [0.15, 0.2) is 0 Å². The lowest BCUT2D eigenvalue weighted by atomic mass is 9.87. The fraction of sp³-hybridized carbons (Fsp3) is 0.217. The lowest BCUT2D eigenvalue weighted by molar-refractivity contribution is 0.0981. The van der Waals surface area contributed by atoms with Gasteiger partial charge in [0, 0.05) is 16.3 Å². The van der Waals surface area contributed by atoms with Gasteiger partial charge in [0.1, 0.15) is 10.9 Å². The first-order chi connectivity index (χ1) is 14.3. The maximum Gasteiger partial charge on any atom is 0.264 e. The van der Waals surface area contributed by atoms with Crippen LogP contribution in [0.3, 0.4) is 0 Å². The van der Waals surface area contributed by atoms with Gasteiger partial charge < -0.3 is 5.11 Å². The molecule has 1 amide bonds. The highest BCUT2D eigenvalue weighted by molar-refractivity contribution is 8.14. The lowest BCUT2D eigenvalue weighted by Gasteiger charge is -2.21. The average Bonchev–Trinajstić information content (AvgIpc) is 3.23. The van der Waals surface area contributed by atoms with E-state index in [9.17, 15) is 9.90 Å². The van der Waals surface area contributed by atoms with Gasteiger partial charge in [-0.15, -0.1) is 11.3 Å². The van der Waals surface area contributed by atoms with Crippen molar-refractivity contribution in [2.75, 3.05) is 0 Å². The first-order valence-electron chi connectivity index (χ1n) is 9.58. The second-order valence-corrected chi connectivity index (χ2v) is 10.6. The minimum atomic E-state index is -0.891. The summed E-state index contributed by atoms with van der Waals surface area (Å²) in [5.41, 5.74) is 7.85. The lowest BCUT2D eigenvalue weighted by Crippen LogP contribution is -2.34. The summed E-state index contributed by atoms with van der Waals surface area (Å²) < 4.78 is 2.99. The Bertz CT molecular complexity index is 1040. The number of benzene rings is 2. The van der Waals surface area contributed by atoms with Gasteiger partial charge >= 0.3 is 0 Å². The number of hydrogen-bond donors (Lipinski definition) is 4. The van der Waals surface area contributed by atoms with Gasteiger partial charge in [-0.1, -0.05) is 51.1 Å². The van der Waals surface area contributed by atoms with E-state index in [1.807, 2.05) is 29.6 Å². The number of nitrogens with two attached hydrogens (primary N) is 1. The molecule has 158 valence electrons. The fourth-order valence-electron chi connectivity index (χ4n) is 2.80. The summed E-state index contributed by atoms with van der Waals surface area (Å²) >= 11 is 1.64. The molecule has 5 N–H and O–H groups in total. The Hall–Kier alpha value is -2.45. The number of carbonyl (C=O) groups excluding carboxylic acids is 1. The van der Waals surface area contributed by atoms with Crippen molar-refractivity contribution in [3.8, 4) is 5.75 Å². The number of phenolic OH excluding ortho intramolecular Hbond substituents is 1. The first-order valence-corrected chi connectivity index (χ1v) is 11.7. The Labute approximate surface area is 184 Å². The van der Waals surface area contributed by atoms with E-state index < -0.39 is 10.7 Å². The highest BCUT2D eigenvalue weighted by Gasteiger charge is 2.17. The van der Waals surface area contributed by atoms with Crippen molar-refractivity contribution < 1.29 is 9.90 Å². The van der Waals surface area contributed by atoms with Crippen LogP contribution >= 0.6 is 22.0 Å². The molecule has 0 saturated heterocycles. The van der Waals surface area contributed by atoms with E-state index in [1.165, 1.54) is 11.6 Å². The van der Waals surface area contributed by atoms with Gasteiger partial charge in [-0.3, -0.25) is 20.6 Å². The zero-order valence-electron chi connectivity index (χ0n) is 17.3. The molecule has 0 bridgehead atoms. The molecule has 1 heterocycles. The predicted octanol–water partition coefficient (Wildman–Crippen LogP) is 4.56. The van der Waals surface area contributed by atoms with Crippen molar-refractivity contribution in [1.82, 2.24) is 10.0 Å². The fourth-order valence-corrected chi connectivity index (χ4v) is 4.85. The monoisotopic (exact) mass is 441 g/mol. The molecular weight excluding hydrogens is 414 g/mol. The van der Waals surface area contributed by atoms with Crippen LogP contribution < -0.4 is 15.8 Å². The van der Waals surface area contributed by atoms with Crippen LogP contribution in [0.15, 0.2) is 70.9 Å². The molecule has 3 aromatic rings. The number of aromatic hydroxyl groups is 1. The molecule has 0 aliphatic heterocycles. The van der Waals surface area contributed by atoms with Crippen LogP contribution in [-0.2, 0) is 12.0 Å². The standard InChI is InChI=1S/C23H27N3O2S2/c1-23(2,3)16-10-12-18(13-11-16)30(22(24)25-15-17-7-6-14-29-17)26-21(28)19-8-4-5-9-20(19)27/h4-14,25,27H,15,24H2,1-3H3,(H,26,28). The number of thiophene rings is 1. The minimum absolute atomic E-state index is 0.0306. The second kappa shape index (κ2) is 9.57. The number of nitrogens with one attached hydrogen (secondary N) is 2. The molecule has 0 spiro atoms. The highest BCUT2D eigenvalue weighted by atomic mass is 32.2. The maximum absolute atomic E-state index is 12.9. The number of rotatable bonds is 5. The van der Waals surface area contributed by atoms with E-state index in [1.54, 1.807) is 29.5 Å². The van der Waals surface area contributed by atoms with Crippen molar-refractivity contribution in [2.45, 2.75) is 37.6 Å². The third kappa shape index (κ3) is 5.58. The average molecular weight is 442 g/mol. The Balaban J connectivity index is 1.92. The van der Waals surface area contributed by atoms with E-state index in [2.05, 4.69) is 42.9 Å². The van der Waals surface area contributed by atoms with Crippen LogP contribution in [0, 0.1) is 0 Å². The summed E-state index contributed by atoms with van der Waals surface area (Å²) in [6, 6.07) is 18.6. The number of phenols is 1. The van der Waals surface area contributed by atoms with E-state index in [4.69, 9.17) is 5.73 Å². The molecule has 5 nitrogen and oxygen atoms in total. The van der Waals surface area contributed by atoms with E-state index in [-0.39, 0.29) is 22.6 Å². The minimum Gasteiger partial charge on any atom is -0.507 e. The third-order valence-electron chi connectivity index (χ3n) is 4.54. The number of hydrogen-bond acceptors (Lipinski definition) is 3. The van der Waals surface area contributed by atoms with Crippen LogP contribution in [0.4, 0.5) is 0 Å². The van der Waals surface area contributed by atoms with Crippen molar-refractivity contribution in [1.29, 1.82) is 0 Å². The Kier molecular flexibility index (Phi) is 7.10. The zero-order valence-corrected chi connectivity index (χ0v) is 18.9. The van der Waals surface area contributed by atoms with Gasteiger partial charge in [0.25, 0.3) is 5.91 Å². The normalized spacial score (nSPS) is 13.0. The SMILES string of the molecule is CC(C)(C)c1ccc(S(NC(=O)c2ccccc2O)=C(N)NCc2cccs2)cc1. The quantitative estimate of drug-likeness (QED) is 0.437. The largest absolute Gasteiger partial charge is 0.507 e. The molecule has 2 aromatic carbocycles. The van der Waals surface area contributed by atoms with Crippen molar-refractivity contribution in [3.05, 3.63) is 82.0 Å². The highest BCUT2D eigenvalue weighted by Crippen LogP contribution is 2.29. The molecule has 3 rings (SSSR count). The molecule has 0 aliphatic rings. The van der Waals surface area contributed by atoms with Gasteiger partial charge in [-0.05, 0) is 57.4 Å². The molecule has 0 radical (unpaired) electrons. The molecule has 1 atom stereocenters. The molecule has 30 heavy (non-hydrogen) atoms. The van der Waals surface area contributed by atoms with Crippen molar-refractivity contribution >= 4 is 33.0 Å². The van der Waals surface area contributed by atoms with E-state index >= 15 is 0 Å². The molecule has 0 fully saturated rings. The Morgan fingerprint density at radius 3 is 2.37 bits per heavy atom. The van der Waals surface area contributed by atoms with Crippen LogP contribution in [-0.4, -0.2) is 16.1 Å². The van der Waals surface area contributed by atoms with Gasteiger partial charge in [0.2, 0.25) is 0 Å². The molecular formula is C23H27N3O2S2. The number of para-hydroxylation sites is 1. The van der Waals surface area contributed by atoms with Gasteiger partial charge in [-0.2, -0.15) is 0 Å². The predicted molar refractivity (Wildman–Crippen MR) is 127 cm³/mol. The Morgan fingerprint density at radius 1 is 1.07 bits per heavy atom. The summed E-state index contributed by atoms with van der Waals surface area (Å²) in [4.78, 5) is 14.9. The smallest absolute Gasteiger partial charge is 0.264 e. The topological polar surface area (TPSA) is 87.4 Å². The molecule has 0 saturated carbocycles. The number of amides is 1. The third-order valence-corrected chi connectivity index (χ3v) is 7.13. The number of carbonyl (C=O) groups is 1. The van der Waals surface area contributed by atoms with Gasteiger partial charge in [-0.25, -0.2) is 0 Å². The van der Waals surface area contributed by atoms with E-state index in [0.717, 1.165) is 9.77 Å². The van der Waals surface area contributed by atoms with E-state index in [0.29, 0.717) is 11.7 Å². The summed E-state index contributed by atoms with van der Waals surface area (Å²) in [6.07, 6.45) is 0. The summed E-state index contributed by atoms with van der Waals surface area (Å²) in [7, 11) is -0.891. The van der Waals surface area contributed by atoms with Crippen molar-refractivity contribution in [2.24, 2.45) is 5.73 Å². The van der Waals surface area contributed by atoms with Crippen LogP contribution in [0.25, 0.3) is 0 Å².